The molecule has 2 rings (SSSR count). The molecule has 0 bridgehead atoms. The van der Waals surface area contributed by atoms with E-state index in [9.17, 15) is 13.6 Å². The molecule has 7 heteroatoms. The Bertz CT molecular complexity index is 508. The minimum Gasteiger partial charge on any atom is -0.481 e. The minimum atomic E-state index is -2.77. The van der Waals surface area contributed by atoms with Gasteiger partial charge in [-0.25, -0.2) is 18.3 Å². The first-order valence-electron chi connectivity index (χ1n) is 4.88. The van der Waals surface area contributed by atoms with Gasteiger partial charge in [0.15, 0.2) is 5.65 Å². The van der Waals surface area contributed by atoms with Crippen LogP contribution in [0.5, 0.6) is 0 Å². The van der Waals surface area contributed by atoms with Crippen molar-refractivity contribution in [1.82, 2.24) is 14.6 Å². The van der Waals surface area contributed by atoms with Crippen molar-refractivity contribution in [2.24, 2.45) is 0 Å². The zero-order chi connectivity index (χ0) is 12.4. The summed E-state index contributed by atoms with van der Waals surface area (Å²) >= 11 is 0. The third-order valence-electron chi connectivity index (χ3n) is 2.33. The van der Waals surface area contributed by atoms with Gasteiger partial charge in [-0.3, -0.25) is 4.79 Å². The van der Waals surface area contributed by atoms with Gasteiger partial charge in [0.05, 0.1) is 18.0 Å². The Balaban J connectivity index is 2.38. The van der Waals surface area contributed by atoms with Crippen molar-refractivity contribution in [3.63, 3.8) is 0 Å². The number of hydrogen-bond donors (Lipinski definition) is 1. The largest absolute Gasteiger partial charge is 0.481 e. The van der Waals surface area contributed by atoms with Gasteiger partial charge >= 0.3 is 5.97 Å². The fourth-order valence-electron chi connectivity index (χ4n) is 1.54. The van der Waals surface area contributed by atoms with Crippen LogP contribution in [0.4, 0.5) is 8.78 Å². The zero-order valence-corrected chi connectivity index (χ0v) is 8.62. The maximum absolute atomic E-state index is 12.7. The highest BCUT2D eigenvalue weighted by atomic mass is 19.3. The molecule has 0 aliphatic rings. The number of fused-ring (bicyclic) bond motifs is 1. The van der Waals surface area contributed by atoms with Crippen molar-refractivity contribution < 1.29 is 18.7 Å². The van der Waals surface area contributed by atoms with Crippen LogP contribution in [-0.2, 0) is 4.79 Å². The predicted octanol–water partition coefficient (Wildman–Crippen LogP) is 1.55. The summed E-state index contributed by atoms with van der Waals surface area (Å²) in [6.45, 7) is 0. The summed E-state index contributed by atoms with van der Waals surface area (Å²) in [5, 5.41) is 12.5. The molecule has 2 aromatic rings. The summed E-state index contributed by atoms with van der Waals surface area (Å²) in [5.41, 5.74) is 0.458. The number of alkyl halides is 2. The van der Waals surface area contributed by atoms with Crippen molar-refractivity contribution >= 4 is 11.6 Å². The fraction of sp³-hybridized carbons (Fsp3) is 0.300. The van der Waals surface area contributed by atoms with Gasteiger partial charge < -0.3 is 5.11 Å². The topological polar surface area (TPSA) is 67.5 Å². The molecule has 0 amide bonds. The molecular weight excluding hydrogens is 232 g/mol. The van der Waals surface area contributed by atoms with E-state index in [1.165, 1.54) is 16.8 Å². The molecule has 1 N–H and O–H groups in total. The lowest BCUT2D eigenvalue weighted by Gasteiger charge is -2.09. The normalized spacial score (nSPS) is 13.1. The fourth-order valence-corrected chi connectivity index (χ4v) is 1.54. The van der Waals surface area contributed by atoms with Gasteiger partial charge in [0.2, 0.25) is 6.43 Å². The second-order valence-corrected chi connectivity index (χ2v) is 3.53. The summed E-state index contributed by atoms with van der Waals surface area (Å²) < 4.78 is 26.8. The molecule has 17 heavy (non-hydrogen) atoms. The van der Waals surface area contributed by atoms with E-state index in [1.54, 1.807) is 12.3 Å². The van der Waals surface area contributed by atoms with E-state index in [4.69, 9.17) is 5.11 Å². The van der Waals surface area contributed by atoms with Crippen LogP contribution in [-0.4, -0.2) is 32.1 Å². The molecule has 0 aliphatic heterocycles. The summed E-state index contributed by atoms with van der Waals surface area (Å²) in [7, 11) is 0. The summed E-state index contributed by atoms with van der Waals surface area (Å²) in [5.74, 6) is -2.69. The number of hydrogen-bond acceptors (Lipinski definition) is 3. The Labute approximate surface area is 94.7 Å². The summed E-state index contributed by atoms with van der Waals surface area (Å²) in [4.78, 5) is 14.5. The van der Waals surface area contributed by atoms with Gasteiger partial charge in [-0.1, -0.05) is 0 Å². The molecule has 0 saturated heterocycles. The number of aliphatic carboxylic acids is 1. The van der Waals surface area contributed by atoms with Crippen LogP contribution in [0, 0.1) is 0 Å². The van der Waals surface area contributed by atoms with Gasteiger partial charge in [0, 0.05) is 18.5 Å². The number of carboxylic acid groups (broad SMARTS) is 1. The first-order chi connectivity index (χ1) is 8.08. The van der Waals surface area contributed by atoms with Crippen molar-refractivity contribution in [3.8, 4) is 0 Å². The maximum Gasteiger partial charge on any atom is 0.304 e. The SMILES string of the molecule is O=C(O)CC(c1cc2ncccn2n1)C(F)F. The number of carboxylic acids is 1. The Kier molecular flexibility index (Phi) is 2.99. The molecule has 0 aromatic carbocycles. The molecule has 0 saturated carbocycles. The lowest BCUT2D eigenvalue weighted by atomic mass is 10.0. The molecule has 1 atom stereocenters. The van der Waals surface area contributed by atoms with Crippen molar-refractivity contribution in [1.29, 1.82) is 0 Å². The van der Waals surface area contributed by atoms with Crippen molar-refractivity contribution in [2.75, 3.05) is 0 Å². The molecular formula is C10H9F2N3O2. The van der Waals surface area contributed by atoms with Crippen LogP contribution < -0.4 is 0 Å². The van der Waals surface area contributed by atoms with Gasteiger partial charge in [-0.2, -0.15) is 5.10 Å². The minimum absolute atomic E-state index is 0.0427. The van der Waals surface area contributed by atoms with E-state index < -0.39 is 24.7 Å². The third-order valence-corrected chi connectivity index (χ3v) is 2.33. The highest BCUT2D eigenvalue weighted by Crippen LogP contribution is 2.26. The standard InChI is InChI=1S/C10H9F2N3O2/c11-10(12)6(4-9(16)17)7-5-8-13-2-1-3-15(8)14-7/h1-3,5-6,10H,4H2,(H,16,17). The number of aromatic nitrogens is 3. The third kappa shape index (κ3) is 2.38. The zero-order valence-electron chi connectivity index (χ0n) is 8.62. The smallest absolute Gasteiger partial charge is 0.304 e. The molecule has 2 aromatic heterocycles. The van der Waals surface area contributed by atoms with Crippen molar-refractivity contribution in [3.05, 3.63) is 30.2 Å². The van der Waals surface area contributed by atoms with Crippen LogP contribution in [0.3, 0.4) is 0 Å². The van der Waals surface area contributed by atoms with Gasteiger partial charge in [-0.05, 0) is 6.07 Å². The number of rotatable bonds is 4. The molecule has 0 spiro atoms. The van der Waals surface area contributed by atoms with E-state index in [2.05, 4.69) is 10.1 Å². The van der Waals surface area contributed by atoms with Crippen LogP contribution in [0.2, 0.25) is 0 Å². The quantitative estimate of drug-likeness (QED) is 0.881. The number of carbonyl (C=O) groups is 1. The van der Waals surface area contributed by atoms with Crippen LogP contribution in [0.15, 0.2) is 24.5 Å². The Hall–Kier alpha value is -2.05. The monoisotopic (exact) mass is 241 g/mol. The molecule has 0 fully saturated rings. The van der Waals surface area contributed by atoms with E-state index in [-0.39, 0.29) is 5.69 Å². The molecule has 0 radical (unpaired) electrons. The average Bonchev–Trinajstić information content (AvgIpc) is 2.68. The molecule has 0 aliphatic carbocycles. The average molecular weight is 241 g/mol. The molecule has 90 valence electrons. The van der Waals surface area contributed by atoms with Gasteiger partial charge in [-0.15, -0.1) is 0 Å². The first-order valence-corrected chi connectivity index (χ1v) is 4.88. The Morgan fingerprint density at radius 3 is 2.88 bits per heavy atom. The van der Waals surface area contributed by atoms with E-state index in [1.807, 2.05) is 0 Å². The second kappa shape index (κ2) is 4.44. The highest BCUT2D eigenvalue weighted by molar-refractivity contribution is 5.68. The van der Waals surface area contributed by atoms with Crippen LogP contribution >= 0.6 is 0 Å². The van der Waals surface area contributed by atoms with Crippen molar-refractivity contribution in [2.45, 2.75) is 18.8 Å². The van der Waals surface area contributed by atoms with E-state index >= 15 is 0 Å². The molecule has 5 nitrogen and oxygen atoms in total. The van der Waals surface area contributed by atoms with Gasteiger partial charge in [0.25, 0.3) is 0 Å². The second-order valence-electron chi connectivity index (χ2n) is 3.53. The molecule has 1 unspecified atom stereocenters. The van der Waals surface area contributed by atoms with Gasteiger partial charge in [0.1, 0.15) is 0 Å². The lowest BCUT2D eigenvalue weighted by molar-refractivity contribution is -0.138. The Morgan fingerprint density at radius 2 is 2.29 bits per heavy atom. The van der Waals surface area contributed by atoms with E-state index in [0.29, 0.717) is 5.65 Å². The summed E-state index contributed by atoms with van der Waals surface area (Å²) in [6.07, 6.45) is -0.345. The molecule has 2 heterocycles. The van der Waals surface area contributed by atoms with Crippen LogP contribution in [0.1, 0.15) is 18.0 Å². The number of halogens is 2. The number of nitrogens with zero attached hydrogens (tertiary/aromatic N) is 3. The lowest BCUT2D eigenvalue weighted by Crippen LogP contribution is -2.14. The predicted molar refractivity (Wildman–Crippen MR) is 54.0 cm³/mol. The van der Waals surface area contributed by atoms with Crippen LogP contribution in [0.25, 0.3) is 5.65 Å². The summed E-state index contributed by atoms with van der Waals surface area (Å²) in [6, 6.07) is 2.98. The highest BCUT2D eigenvalue weighted by Gasteiger charge is 2.27. The van der Waals surface area contributed by atoms with E-state index in [0.717, 1.165) is 0 Å². The first kappa shape index (κ1) is 11.4. The Morgan fingerprint density at radius 1 is 1.53 bits per heavy atom. The maximum atomic E-state index is 12.7.